The van der Waals surface area contributed by atoms with Crippen LogP contribution in [0, 0.1) is 6.92 Å². The van der Waals surface area contributed by atoms with Crippen LogP contribution in [0.25, 0.3) is 0 Å². The van der Waals surface area contributed by atoms with E-state index in [4.69, 9.17) is 4.52 Å². The van der Waals surface area contributed by atoms with Crippen LogP contribution in [0.2, 0.25) is 0 Å². The monoisotopic (exact) mass is 251 g/mol. The highest BCUT2D eigenvalue weighted by Gasteiger charge is 2.26. The highest BCUT2D eigenvalue weighted by Crippen LogP contribution is 2.22. The summed E-state index contributed by atoms with van der Waals surface area (Å²) < 4.78 is 40.6. The molecule has 0 aliphatic heterocycles. The molecule has 0 fully saturated rings. The van der Waals surface area contributed by atoms with Gasteiger partial charge in [0.2, 0.25) is 5.89 Å². The van der Waals surface area contributed by atoms with Gasteiger partial charge in [0.25, 0.3) is 0 Å². The first kappa shape index (κ1) is 14.0. The number of hydrogen-bond donors (Lipinski definition) is 1. The van der Waals surface area contributed by atoms with E-state index in [9.17, 15) is 13.2 Å². The SMILES string of the molecule is Cc1noc(CNC(C)CCCC(F)(F)F)n1. The zero-order valence-corrected chi connectivity index (χ0v) is 9.84. The van der Waals surface area contributed by atoms with Crippen LogP contribution >= 0.6 is 0 Å². The number of alkyl halides is 3. The summed E-state index contributed by atoms with van der Waals surface area (Å²) in [4.78, 5) is 3.98. The minimum atomic E-state index is -4.07. The molecular formula is C10H16F3N3O. The van der Waals surface area contributed by atoms with Crippen molar-refractivity contribution in [1.29, 1.82) is 0 Å². The van der Waals surface area contributed by atoms with Crippen LogP contribution in [-0.4, -0.2) is 22.4 Å². The fourth-order valence-electron chi connectivity index (χ4n) is 1.38. The number of nitrogens with zero attached hydrogens (tertiary/aromatic N) is 2. The Balaban J connectivity index is 2.15. The molecule has 0 aromatic carbocycles. The van der Waals surface area contributed by atoms with Crippen LogP contribution in [0.1, 0.15) is 37.9 Å². The molecule has 98 valence electrons. The van der Waals surface area contributed by atoms with Crippen molar-refractivity contribution in [2.75, 3.05) is 0 Å². The summed E-state index contributed by atoms with van der Waals surface area (Å²) in [6.07, 6.45) is -4.21. The molecule has 0 radical (unpaired) electrons. The largest absolute Gasteiger partial charge is 0.389 e. The molecule has 0 aliphatic rings. The number of aryl methyl sites for hydroxylation is 1. The zero-order valence-electron chi connectivity index (χ0n) is 9.84. The molecule has 0 spiro atoms. The summed E-state index contributed by atoms with van der Waals surface area (Å²) in [6, 6.07) is -0.00967. The van der Waals surface area contributed by atoms with E-state index in [0.717, 1.165) is 0 Å². The zero-order chi connectivity index (χ0) is 12.9. The lowest BCUT2D eigenvalue weighted by molar-refractivity contribution is -0.135. The Morgan fingerprint density at radius 3 is 2.65 bits per heavy atom. The molecule has 1 aromatic rings. The molecule has 0 saturated carbocycles. The van der Waals surface area contributed by atoms with Gasteiger partial charge in [-0.15, -0.1) is 0 Å². The van der Waals surface area contributed by atoms with Crippen LogP contribution in [0.4, 0.5) is 13.2 Å². The Labute approximate surface area is 97.6 Å². The number of hydrogen-bond acceptors (Lipinski definition) is 4. The first-order chi connectivity index (χ1) is 7.87. The predicted molar refractivity (Wildman–Crippen MR) is 55.2 cm³/mol. The first-order valence-corrected chi connectivity index (χ1v) is 5.46. The Hall–Kier alpha value is -1.11. The van der Waals surface area contributed by atoms with E-state index < -0.39 is 12.6 Å². The van der Waals surface area contributed by atoms with Gasteiger partial charge in [-0.1, -0.05) is 5.16 Å². The minimum Gasteiger partial charge on any atom is -0.338 e. The molecule has 0 aliphatic carbocycles. The second-order valence-electron chi connectivity index (χ2n) is 4.02. The Kier molecular flexibility index (Phi) is 4.92. The van der Waals surface area contributed by atoms with E-state index in [1.165, 1.54) is 0 Å². The Morgan fingerprint density at radius 1 is 1.41 bits per heavy atom. The van der Waals surface area contributed by atoms with Gasteiger partial charge in [-0.3, -0.25) is 0 Å². The fraction of sp³-hybridized carbons (Fsp3) is 0.800. The molecule has 7 heteroatoms. The third-order valence-corrected chi connectivity index (χ3v) is 2.27. The average molecular weight is 251 g/mol. The van der Waals surface area contributed by atoms with Crippen LogP contribution in [-0.2, 0) is 6.54 Å². The summed E-state index contributed by atoms with van der Waals surface area (Å²) in [6.45, 7) is 3.92. The normalized spacial score (nSPS) is 13.9. The van der Waals surface area contributed by atoms with Gasteiger partial charge in [0.15, 0.2) is 5.82 Å². The number of halogens is 3. The van der Waals surface area contributed by atoms with Gasteiger partial charge in [-0.05, 0) is 26.7 Å². The lowest BCUT2D eigenvalue weighted by Gasteiger charge is -2.12. The summed E-state index contributed by atoms with van der Waals surface area (Å²) >= 11 is 0. The van der Waals surface area contributed by atoms with Gasteiger partial charge in [0.05, 0.1) is 6.54 Å². The third-order valence-electron chi connectivity index (χ3n) is 2.27. The van der Waals surface area contributed by atoms with Crippen molar-refractivity contribution in [1.82, 2.24) is 15.5 Å². The first-order valence-electron chi connectivity index (χ1n) is 5.46. The fourth-order valence-corrected chi connectivity index (χ4v) is 1.38. The minimum absolute atomic E-state index is 0.00967. The highest BCUT2D eigenvalue weighted by molar-refractivity contribution is 4.82. The molecular weight excluding hydrogens is 235 g/mol. The maximum atomic E-state index is 11.9. The summed E-state index contributed by atoms with van der Waals surface area (Å²) in [5, 5.41) is 6.65. The maximum Gasteiger partial charge on any atom is 0.389 e. The summed E-state index contributed by atoms with van der Waals surface area (Å²) in [5.41, 5.74) is 0. The van der Waals surface area contributed by atoms with Crippen molar-refractivity contribution in [3.05, 3.63) is 11.7 Å². The molecule has 0 bridgehead atoms. The van der Waals surface area contributed by atoms with Gasteiger partial charge in [-0.25, -0.2) is 0 Å². The number of rotatable bonds is 6. The third kappa shape index (κ3) is 6.25. The lowest BCUT2D eigenvalue weighted by atomic mass is 10.1. The van der Waals surface area contributed by atoms with Crippen molar-refractivity contribution in [3.63, 3.8) is 0 Å². The van der Waals surface area contributed by atoms with Gasteiger partial charge in [-0.2, -0.15) is 18.2 Å². The Morgan fingerprint density at radius 2 is 2.12 bits per heavy atom. The molecule has 1 N–H and O–H groups in total. The molecule has 1 rings (SSSR count). The summed E-state index contributed by atoms with van der Waals surface area (Å²) in [5.74, 6) is 0.997. The number of aromatic nitrogens is 2. The van der Waals surface area contributed by atoms with E-state index in [-0.39, 0.29) is 12.5 Å². The molecule has 0 saturated heterocycles. The van der Waals surface area contributed by atoms with Crippen molar-refractivity contribution < 1.29 is 17.7 Å². The molecule has 1 atom stereocenters. The van der Waals surface area contributed by atoms with Gasteiger partial charge >= 0.3 is 6.18 Å². The van der Waals surface area contributed by atoms with Gasteiger partial charge in [0.1, 0.15) is 0 Å². The standard InChI is InChI=1S/C10H16F3N3O/c1-7(4-3-5-10(11,12)13)14-6-9-15-8(2)16-17-9/h7,14H,3-6H2,1-2H3. The van der Waals surface area contributed by atoms with E-state index in [1.54, 1.807) is 6.92 Å². The second kappa shape index (κ2) is 6.00. The lowest BCUT2D eigenvalue weighted by Crippen LogP contribution is -2.26. The van der Waals surface area contributed by atoms with Crippen LogP contribution in [0.3, 0.4) is 0 Å². The average Bonchev–Trinajstić information content (AvgIpc) is 2.59. The van der Waals surface area contributed by atoms with Crippen LogP contribution in [0.15, 0.2) is 4.52 Å². The number of nitrogens with one attached hydrogen (secondary N) is 1. The second-order valence-corrected chi connectivity index (χ2v) is 4.02. The maximum absolute atomic E-state index is 11.9. The smallest absolute Gasteiger partial charge is 0.338 e. The van der Waals surface area contributed by atoms with Crippen molar-refractivity contribution in [2.45, 2.75) is 51.9 Å². The van der Waals surface area contributed by atoms with E-state index in [2.05, 4.69) is 15.5 Å². The molecule has 1 heterocycles. The van der Waals surface area contributed by atoms with Gasteiger partial charge in [0, 0.05) is 12.5 Å². The van der Waals surface area contributed by atoms with Crippen LogP contribution < -0.4 is 5.32 Å². The van der Waals surface area contributed by atoms with Crippen molar-refractivity contribution in [3.8, 4) is 0 Å². The predicted octanol–water partition coefficient (Wildman–Crippen LogP) is 2.59. The summed E-state index contributed by atoms with van der Waals surface area (Å²) in [7, 11) is 0. The van der Waals surface area contributed by atoms with Gasteiger partial charge < -0.3 is 9.84 Å². The quantitative estimate of drug-likeness (QED) is 0.844. The molecule has 0 amide bonds. The molecule has 4 nitrogen and oxygen atoms in total. The van der Waals surface area contributed by atoms with E-state index in [1.807, 2.05) is 6.92 Å². The van der Waals surface area contributed by atoms with Crippen molar-refractivity contribution >= 4 is 0 Å². The molecule has 1 unspecified atom stereocenters. The highest BCUT2D eigenvalue weighted by atomic mass is 19.4. The Bertz CT molecular complexity index is 338. The van der Waals surface area contributed by atoms with E-state index in [0.29, 0.717) is 24.7 Å². The van der Waals surface area contributed by atoms with Crippen molar-refractivity contribution in [2.24, 2.45) is 0 Å². The topological polar surface area (TPSA) is 51.0 Å². The van der Waals surface area contributed by atoms with Crippen LogP contribution in [0.5, 0.6) is 0 Å². The molecule has 17 heavy (non-hydrogen) atoms. The van der Waals surface area contributed by atoms with E-state index >= 15 is 0 Å². The molecule has 1 aromatic heterocycles.